The number of amides is 2. The first-order valence-corrected chi connectivity index (χ1v) is 22.2. The summed E-state index contributed by atoms with van der Waals surface area (Å²) in [5, 5.41) is 12.1. The number of benzene rings is 3. The first kappa shape index (κ1) is 50.3. The number of nitrogens with zero attached hydrogens (tertiary/aromatic N) is 3. The van der Waals surface area contributed by atoms with Crippen LogP contribution in [0.25, 0.3) is 22.4 Å². The number of carbonyl (C=O) groups is 5. The van der Waals surface area contributed by atoms with Gasteiger partial charge in [0, 0.05) is 74.3 Å². The van der Waals surface area contributed by atoms with Crippen molar-refractivity contribution in [2.24, 2.45) is 29.0 Å². The van der Waals surface area contributed by atoms with Crippen LogP contribution < -0.4 is 43.5 Å². The van der Waals surface area contributed by atoms with E-state index in [0.717, 1.165) is 11.1 Å². The monoisotopic (exact) mass is 901 g/mol. The van der Waals surface area contributed by atoms with E-state index in [1.165, 1.54) is 18.0 Å². The van der Waals surface area contributed by atoms with Crippen LogP contribution >= 0.6 is 0 Å². The number of ketones is 3. The molecule has 0 radical (unpaired) electrons. The minimum absolute atomic E-state index is 0.0404. The van der Waals surface area contributed by atoms with Gasteiger partial charge in [-0.25, -0.2) is 4.98 Å². The van der Waals surface area contributed by atoms with E-state index in [1.807, 2.05) is 36.4 Å². The Balaban J connectivity index is 1.57. The van der Waals surface area contributed by atoms with Gasteiger partial charge < -0.3 is 48.4 Å². The third-order valence-corrected chi connectivity index (χ3v) is 11.7. The van der Waals surface area contributed by atoms with E-state index < -0.39 is 47.3 Å². The summed E-state index contributed by atoms with van der Waals surface area (Å²) < 4.78 is 12.2. The smallest absolute Gasteiger partial charge is 0.226 e. The van der Waals surface area contributed by atoms with Crippen molar-refractivity contribution in [2.45, 2.75) is 83.7 Å². The second kappa shape index (κ2) is 22.5. The number of anilines is 2. The highest BCUT2D eigenvalue weighted by atomic mass is 16.5. The number of rotatable bonds is 17. The predicted octanol–water partition coefficient (Wildman–Crippen LogP) is 4.80. The van der Waals surface area contributed by atoms with Gasteiger partial charge >= 0.3 is 0 Å². The molecule has 4 bridgehead atoms. The van der Waals surface area contributed by atoms with Crippen LogP contribution in [0.5, 0.6) is 11.5 Å². The van der Waals surface area contributed by atoms with Gasteiger partial charge in [-0.15, -0.1) is 0 Å². The van der Waals surface area contributed by atoms with Gasteiger partial charge in [0.05, 0.1) is 29.1 Å². The molecule has 3 aromatic carbocycles. The average molecular weight is 902 g/mol. The van der Waals surface area contributed by atoms with Gasteiger partial charge in [0.15, 0.2) is 17.3 Å². The molecule has 0 fully saturated rings. The molecule has 4 aromatic rings. The molecule has 11 N–H and O–H groups in total. The standard InChI is InChI=1S/C50H63N9O7/c1-29-23-42(62)46(59(5)49(64)33(16-18-52)27-41(61)37-28-38(55)45(58-47(37)56)31-9-12-34(13-10-31)50(2,3)4)32-11-15-44(66-22-20-54)36(26-32)35-24-30(8-14-43(35)65-21-19-53)25-39(57-48(29)63)40(60)7-6-17-51/h8-15,24,26,28-29,33,39,46H,6-7,16,18-23,25,27,52-55H2,1-5H3,(H2,56,58)(H,57,63)/t29-,33-,39+,46+/m1/s1. The normalized spacial score (nSPS) is 16.9. The SMILES string of the molecule is C[C@@H]1CC(=O)[C@@H](N(C)C(=O)[C@H](CCN)CC(=O)c2cc(N)c(-c3ccc(C(C)(C)C)cc3)nc2N)c2ccc(OCCN)c(c2)-c2cc(ccc2OCCN)C[C@@H](C(=O)CCC#N)NC1=O. The highest BCUT2D eigenvalue weighted by Crippen LogP contribution is 2.41. The molecular weight excluding hydrogens is 839 g/mol. The van der Waals surface area contributed by atoms with Crippen LogP contribution in [-0.4, -0.2) is 85.0 Å². The van der Waals surface area contributed by atoms with Gasteiger partial charge in [-0.3, -0.25) is 24.0 Å². The minimum Gasteiger partial charge on any atom is -0.492 e. The van der Waals surface area contributed by atoms with Crippen LogP contribution in [0.4, 0.5) is 11.5 Å². The summed E-state index contributed by atoms with van der Waals surface area (Å²) in [5.74, 6) is -3.60. The number of hydrogen-bond donors (Lipinski definition) is 6. The maximum Gasteiger partial charge on any atom is 0.226 e. The summed E-state index contributed by atoms with van der Waals surface area (Å²) in [6.07, 6.45) is -0.599. The first-order valence-electron chi connectivity index (χ1n) is 22.2. The van der Waals surface area contributed by atoms with Gasteiger partial charge in [0.2, 0.25) is 11.8 Å². The molecule has 4 atom stereocenters. The Labute approximate surface area is 386 Å². The van der Waals surface area contributed by atoms with Crippen molar-refractivity contribution in [1.29, 1.82) is 5.26 Å². The van der Waals surface area contributed by atoms with Crippen molar-refractivity contribution in [2.75, 3.05) is 51.4 Å². The Morgan fingerprint density at radius 3 is 2.14 bits per heavy atom. The highest BCUT2D eigenvalue weighted by molar-refractivity contribution is 6.04. The average Bonchev–Trinajstić information content (AvgIpc) is 3.29. The second-order valence-electron chi connectivity index (χ2n) is 17.8. The number of Topliss-reactive ketones (excluding diaryl/α,β-unsaturated/α-hetero) is 3. The largest absolute Gasteiger partial charge is 0.492 e. The number of hydrogen-bond acceptors (Lipinski definition) is 14. The van der Waals surface area contributed by atoms with Crippen LogP contribution in [0.2, 0.25) is 0 Å². The molecule has 0 unspecified atom stereocenters. The van der Waals surface area contributed by atoms with Gasteiger partial charge in [0.25, 0.3) is 0 Å². The molecule has 2 heterocycles. The number of nitriles is 1. The van der Waals surface area contributed by atoms with E-state index >= 15 is 0 Å². The van der Waals surface area contributed by atoms with Crippen LogP contribution in [0.1, 0.15) is 92.9 Å². The molecule has 66 heavy (non-hydrogen) atoms. The molecule has 1 aromatic heterocycles. The summed E-state index contributed by atoms with van der Waals surface area (Å²) >= 11 is 0. The first-order chi connectivity index (χ1) is 31.4. The lowest BCUT2D eigenvalue weighted by molar-refractivity contribution is -0.142. The number of nitrogens with one attached hydrogen (secondary N) is 1. The van der Waals surface area contributed by atoms with Gasteiger partial charge in [-0.1, -0.05) is 64.1 Å². The Morgan fingerprint density at radius 2 is 1.53 bits per heavy atom. The second-order valence-corrected chi connectivity index (χ2v) is 17.8. The fourth-order valence-electron chi connectivity index (χ4n) is 8.10. The fraction of sp³-hybridized carbons (Fsp3) is 0.420. The number of carbonyl (C=O) groups excluding carboxylic acids is 5. The number of nitrogen functional groups attached to an aromatic ring is 2. The van der Waals surface area contributed by atoms with Gasteiger partial charge in [0.1, 0.15) is 36.6 Å². The van der Waals surface area contributed by atoms with E-state index in [0.29, 0.717) is 39.4 Å². The summed E-state index contributed by atoms with van der Waals surface area (Å²) in [4.78, 5) is 76.6. The molecule has 350 valence electrons. The maximum atomic E-state index is 14.8. The number of likely N-dealkylation sites (N-methyl/N-ethyl adjacent to an activating group) is 1. The number of ether oxygens (including phenoxy) is 2. The van der Waals surface area contributed by atoms with Crippen LogP contribution in [-0.2, 0) is 31.0 Å². The molecule has 0 aliphatic carbocycles. The summed E-state index contributed by atoms with van der Waals surface area (Å²) in [5.41, 5.74) is 35.2. The van der Waals surface area contributed by atoms with Gasteiger partial charge in [-0.05, 0) is 71.8 Å². The van der Waals surface area contributed by atoms with E-state index in [4.69, 9.17) is 38.1 Å². The number of nitrogens with two attached hydrogens (primary N) is 5. The number of fused-ring (bicyclic) bond motifs is 5. The van der Waals surface area contributed by atoms with E-state index in [2.05, 4.69) is 31.1 Å². The molecule has 0 spiro atoms. The molecule has 2 amide bonds. The molecular formula is C50H63N9O7. The number of aromatic nitrogens is 1. The van der Waals surface area contributed by atoms with Gasteiger partial charge in [-0.2, -0.15) is 5.26 Å². The lowest BCUT2D eigenvalue weighted by atomic mass is 9.86. The zero-order chi connectivity index (χ0) is 48.3. The Hall–Kier alpha value is -6.67. The highest BCUT2D eigenvalue weighted by Gasteiger charge is 2.36. The lowest BCUT2D eigenvalue weighted by Crippen LogP contribution is -2.46. The van der Waals surface area contributed by atoms with E-state index in [1.54, 1.807) is 37.3 Å². The molecule has 0 saturated heterocycles. The van der Waals surface area contributed by atoms with Crippen molar-refractivity contribution in [1.82, 2.24) is 15.2 Å². The Morgan fingerprint density at radius 1 is 0.894 bits per heavy atom. The molecule has 0 saturated carbocycles. The van der Waals surface area contributed by atoms with Crippen molar-refractivity contribution in [3.63, 3.8) is 0 Å². The molecule has 1 aliphatic heterocycles. The van der Waals surface area contributed by atoms with Crippen molar-refractivity contribution < 1.29 is 33.4 Å². The minimum atomic E-state index is -1.27. The van der Waals surface area contributed by atoms with Crippen molar-refractivity contribution in [3.05, 3.63) is 89.0 Å². The third-order valence-electron chi connectivity index (χ3n) is 11.7. The fourth-order valence-corrected chi connectivity index (χ4v) is 8.10. The van der Waals surface area contributed by atoms with E-state index in [-0.39, 0.29) is 99.6 Å². The molecule has 1 aliphatic rings. The molecule has 5 rings (SSSR count). The molecule has 16 heteroatoms. The van der Waals surface area contributed by atoms with Crippen molar-refractivity contribution in [3.8, 4) is 40.0 Å². The summed E-state index contributed by atoms with van der Waals surface area (Å²) in [7, 11) is 1.47. The zero-order valence-electron chi connectivity index (χ0n) is 38.5. The lowest BCUT2D eigenvalue weighted by Gasteiger charge is -2.32. The maximum absolute atomic E-state index is 14.8. The molecule has 16 nitrogen and oxygen atoms in total. The number of pyridine rings is 1. The van der Waals surface area contributed by atoms with Crippen LogP contribution in [0, 0.1) is 23.2 Å². The van der Waals surface area contributed by atoms with Crippen LogP contribution in [0.15, 0.2) is 66.7 Å². The Bertz CT molecular complexity index is 2460. The third kappa shape index (κ3) is 12.2. The van der Waals surface area contributed by atoms with E-state index in [9.17, 15) is 29.2 Å². The topological polar surface area (TPSA) is 286 Å². The van der Waals surface area contributed by atoms with Crippen LogP contribution in [0.3, 0.4) is 0 Å². The summed E-state index contributed by atoms with van der Waals surface area (Å²) in [6.45, 7) is 8.67. The Kier molecular flexibility index (Phi) is 17.2. The summed E-state index contributed by atoms with van der Waals surface area (Å²) in [6, 6.07) is 19.3. The zero-order valence-corrected chi connectivity index (χ0v) is 38.5. The predicted molar refractivity (Wildman–Crippen MR) is 254 cm³/mol. The van der Waals surface area contributed by atoms with Crippen molar-refractivity contribution >= 4 is 40.7 Å². The quantitative estimate of drug-likeness (QED) is 0.0777.